The highest BCUT2D eigenvalue weighted by molar-refractivity contribution is 5.68. The Morgan fingerprint density at radius 1 is 1.36 bits per heavy atom. The highest BCUT2D eigenvalue weighted by Gasteiger charge is 2.34. The molecule has 0 spiro atoms. The van der Waals surface area contributed by atoms with Crippen LogP contribution in [-0.4, -0.2) is 34.8 Å². The second kappa shape index (κ2) is 6.29. The van der Waals surface area contributed by atoms with Gasteiger partial charge >= 0.3 is 6.09 Å². The lowest BCUT2D eigenvalue weighted by Gasteiger charge is -2.25. The number of likely N-dealkylation sites (tertiary alicyclic amines) is 1. The first-order chi connectivity index (χ1) is 10.2. The summed E-state index contributed by atoms with van der Waals surface area (Å²) >= 11 is 0. The molecule has 1 aliphatic heterocycles. The molecular weight excluding hydrogens is 278 g/mol. The van der Waals surface area contributed by atoms with Crippen LogP contribution in [0.2, 0.25) is 0 Å². The molecule has 1 N–H and O–H groups in total. The maximum Gasteiger partial charge on any atom is 0.410 e. The van der Waals surface area contributed by atoms with E-state index in [2.05, 4.69) is 6.07 Å². The largest absolute Gasteiger partial charge is 0.444 e. The number of benzene rings is 1. The summed E-state index contributed by atoms with van der Waals surface area (Å²) in [5, 5.41) is 10.6. The van der Waals surface area contributed by atoms with Crippen molar-refractivity contribution in [1.29, 1.82) is 0 Å². The van der Waals surface area contributed by atoms with E-state index in [0.29, 0.717) is 13.1 Å². The summed E-state index contributed by atoms with van der Waals surface area (Å²) in [5.74, 6) is 0.0638. The van der Waals surface area contributed by atoms with Crippen LogP contribution in [0.15, 0.2) is 18.2 Å². The number of aryl methyl sites for hydroxylation is 2. The van der Waals surface area contributed by atoms with Crippen LogP contribution in [-0.2, 0) is 4.74 Å². The molecule has 2 atom stereocenters. The first-order valence-electron chi connectivity index (χ1n) is 7.90. The van der Waals surface area contributed by atoms with Crippen LogP contribution in [0.5, 0.6) is 0 Å². The number of nitrogens with zero attached hydrogens (tertiary/aromatic N) is 1. The summed E-state index contributed by atoms with van der Waals surface area (Å²) in [4.78, 5) is 13.8. The topological polar surface area (TPSA) is 49.8 Å². The van der Waals surface area contributed by atoms with E-state index in [1.165, 1.54) is 5.56 Å². The van der Waals surface area contributed by atoms with Gasteiger partial charge in [-0.3, -0.25) is 0 Å². The molecule has 4 heteroatoms. The number of hydrogen-bond acceptors (Lipinski definition) is 3. The molecule has 0 saturated carbocycles. The summed E-state index contributed by atoms with van der Waals surface area (Å²) in [6.07, 6.45) is -0.0239. The molecule has 0 aromatic heterocycles. The molecule has 2 rings (SSSR count). The van der Waals surface area contributed by atoms with Crippen LogP contribution in [0, 0.1) is 19.8 Å². The lowest BCUT2D eigenvalue weighted by Crippen LogP contribution is -2.35. The minimum absolute atomic E-state index is 0.0638. The van der Waals surface area contributed by atoms with Gasteiger partial charge in [0.15, 0.2) is 0 Å². The summed E-state index contributed by atoms with van der Waals surface area (Å²) in [7, 11) is 0. The molecule has 0 aliphatic carbocycles. The van der Waals surface area contributed by atoms with Gasteiger partial charge in [-0.25, -0.2) is 4.79 Å². The molecule has 1 saturated heterocycles. The van der Waals surface area contributed by atoms with Gasteiger partial charge in [0.05, 0.1) is 6.10 Å². The highest BCUT2D eigenvalue weighted by Crippen LogP contribution is 2.32. The van der Waals surface area contributed by atoms with Crippen LogP contribution in [0.3, 0.4) is 0 Å². The molecule has 2 unspecified atom stereocenters. The fourth-order valence-electron chi connectivity index (χ4n) is 2.95. The molecule has 0 radical (unpaired) electrons. The molecule has 122 valence electrons. The third-order valence-electron chi connectivity index (χ3n) is 4.07. The van der Waals surface area contributed by atoms with Crippen molar-refractivity contribution in [2.24, 2.45) is 5.92 Å². The monoisotopic (exact) mass is 305 g/mol. The predicted molar refractivity (Wildman–Crippen MR) is 86.8 cm³/mol. The minimum atomic E-state index is -0.534. The molecule has 1 aliphatic rings. The normalized spacial score (nSPS) is 20.1. The first kappa shape index (κ1) is 16.8. The lowest BCUT2D eigenvalue weighted by atomic mass is 9.91. The maximum absolute atomic E-state index is 12.1. The molecule has 1 fully saturated rings. The Kier molecular flexibility index (Phi) is 4.81. The first-order valence-corrected chi connectivity index (χ1v) is 7.90. The molecular formula is C18H27NO3. The van der Waals surface area contributed by atoms with Crippen molar-refractivity contribution in [3.8, 4) is 0 Å². The number of hydrogen-bond donors (Lipinski definition) is 1. The second-order valence-corrected chi connectivity index (χ2v) is 7.28. The Bertz CT molecular complexity index is 548. The van der Waals surface area contributed by atoms with Crippen molar-refractivity contribution in [3.05, 3.63) is 34.9 Å². The Hall–Kier alpha value is -1.55. The molecule has 1 amide bonds. The third kappa shape index (κ3) is 4.01. The molecule has 0 bridgehead atoms. The number of carbonyl (C=O) groups is 1. The van der Waals surface area contributed by atoms with E-state index < -0.39 is 11.7 Å². The van der Waals surface area contributed by atoms with Gasteiger partial charge in [-0.05, 0) is 52.2 Å². The van der Waals surface area contributed by atoms with Crippen LogP contribution in [0.25, 0.3) is 0 Å². The molecule has 1 aromatic rings. The number of amides is 1. The molecule has 1 aromatic carbocycles. The van der Waals surface area contributed by atoms with E-state index in [1.54, 1.807) is 4.90 Å². The van der Waals surface area contributed by atoms with Crippen LogP contribution in [0.1, 0.15) is 50.0 Å². The van der Waals surface area contributed by atoms with Gasteiger partial charge in [0.25, 0.3) is 0 Å². The Labute approximate surface area is 133 Å². The highest BCUT2D eigenvalue weighted by atomic mass is 16.6. The molecule has 1 heterocycles. The maximum atomic E-state index is 12.1. The van der Waals surface area contributed by atoms with Crippen molar-refractivity contribution in [2.75, 3.05) is 13.1 Å². The van der Waals surface area contributed by atoms with Gasteiger partial charge in [0.2, 0.25) is 0 Å². The fourth-order valence-corrected chi connectivity index (χ4v) is 2.95. The van der Waals surface area contributed by atoms with Gasteiger partial charge < -0.3 is 14.7 Å². The number of rotatable bonds is 2. The van der Waals surface area contributed by atoms with E-state index in [0.717, 1.165) is 17.5 Å². The Morgan fingerprint density at radius 2 is 2.05 bits per heavy atom. The van der Waals surface area contributed by atoms with Crippen molar-refractivity contribution in [2.45, 2.75) is 52.7 Å². The van der Waals surface area contributed by atoms with Crippen molar-refractivity contribution in [1.82, 2.24) is 4.90 Å². The lowest BCUT2D eigenvalue weighted by molar-refractivity contribution is 0.0268. The van der Waals surface area contributed by atoms with Gasteiger partial charge in [-0.1, -0.05) is 23.8 Å². The molecule has 22 heavy (non-hydrogen) atoms. The standard InChI is InChI=1S/C18H27NO3/c1-12-6-7-15(13(2)10-12)16(20)14-8-9-19(11-14)17(21)22-18(3,4)5/h6-7,10,14,16,20H,8-9,11H2,1-5H3. The van der Waals surface area contributed by atoms with E-state index in [1.807, 2.05) is 46.8 Å². The summed E-state index contributed by atoms with van der Waals surface area (Å²) in [5.41, 5.74) is 2.77. The zero-order valence-electron chi connectivity index (χ0n) is 14.2. The minimum Gasteiger partial charge on any atom is -0.444 e. The van der Waals surface area contributed by atoms with Gasteiger partial charge in [-0.2, -0.15) is 0 Å². The second-order valence-electron chi connectivity index (χ2n) is 7.28. The average molecular weight is 305 g/mol. The van der Waals surface area contributed by atoms with Crippen LogP contribution >= 0.6 is 0 Å². The van der Waals surface area contributed by atoms with Crippen LogP contribution in [0.4, 0.5) is 4.79 Å². The average Bonchev–Trinajstić information content (AvgIpc) is 2.85. The predicted octanol–water partition coefficient (Wildman–Crippen LogP) is 3.59. The number of aliphatic hydroxyl groups is 1. The zero-order valence-corrected chi connectivity index (χ0v) is 14.2. The number of ether oxygens (including phenoxy) is 1. The fraction of sp³-hybridized carbons (Fsp3) is 0.611. The van der Waals surface area contributed by atoms with Gasteiger partial charge in [0, 0.05) is 19.0 Å². The van der Waals surface area contributed by atoms with E-state index in [4.69, 9.17) is 4.74 Å². The number of aliphatic hydroxyl groups excluding tert-OH is 1. The Balaban J connectivity index is 2.02. The zero-order chi connectivity index (χ0) is 16.5. The van der Waals surface area contributed by atoms with Crippen molar-refractivity contribution < 1.29 is 14.6 Å². The van der Waals surface area contributed by atoms with Gasteiger partial charge in [-0.15, -0.1) is 0 Å². The smallest absolute Gasteiger partial charge is 0.410 e. The summed E-state index contributed by atoms with van der Waals surface area (Å²) < 4.78 is 5.40. The SMILES string of the molecule is Cc1ccc(C(O)C2CCN(C(=O)OC(C)(C)C)C2)c(C)c1. The Morgan fingerprint density at radius 3 is 2.64 bits per heavy atom. The summed E-state index contributed by atoms with van der Waals surface area (Å²) in [6, 6.07) is 6.09. The summed E-state index contributed by atoms with van der Waals surface area (Å²) in [6.45, 7) is 10.8. The van der Waals surface area contributed by atoms with Crippen LogP contribution < -0.4 is 0 Å². The van der Waals surface area contributed by atoms with E-state index >= 15 is 0 Å². The van der Waals surface area contributed by atoms with E-state index in [9.17, 15) is 9.90 Å². The third-order valence-corrected chi connectivity index (χ3v) is 4.07. The van der Waals surface area contributed by atoms with Gasteiger partial charge in [0.1, 0.15) is 5.60 Å². The molecule has 4 nitrogen and oxygen atoms in total. The quantitative estimate of drug-likeness (QED) is 0.908. The van der Waals surface area contributed by atoms with Crippen molar-refractivity contribution >= 4 is 6.09 Å². The van der Waals surface area contributed by atoms with Crippen molar-refractivity contribution in [3.63, 3.8) is 0 Å². The number of carbonyl (C=O) groups excluding carboxylic acids is 1. The van der Waals surface area contributed by atoms with E-state index in [-0.39, 0.29) is 12.0 Å².